The molecular formula is C22H18ClIN4O. The molecule has 29 heavy (non-hydrogen) atoms. The van der Waals surface area contributed by atoms with E-state index in [2.05, 4.69) is 39.1 Å². The lowest BCUT2D eigenvalue weighted by Gasteiger charge is -2.11. The van der Waals surface area contributed by atoms with Crippen molar-refractivity contribution in [2.24, 2.45) is 0 Å². The number of aryl methyl sites for hydroxylation is 1. The first kappa shape index (κ1) is 19.9. The fraction of sp³-hybridized carbons (Fsp3) is 0.227. The van der Waals surface area contributed by atoms with Gasteiger partial charge in [-0.1, -0.05) is 29.8 Å². The summed E-state index contributed by atoms with van der Waals surface area (Å²) < 4.78 is 2.84. The first-order chi connectivity index (χ1) is 13.8. The van der Waals surface area contributed by atoms with Crippen molar-refractivity contribution in [1.82, 2.24) is 15.1 Å². The van der Waals surface area contributed by atoms with Gasteiger partial charge in [0.2, 0.25) is 0 Å². The summed E-state index contributed by atoms with van der Waals surface area (Å²) in [5.74, 6) is -0.338. The number of carbonyl (C=O) groups excluding carboxylic acids is 1. The van der Waals surface area contributed by atoms with Crippen LogP contribution in [0, 0.1) is 28.7 Å². The van der Waals surface area contributed by atoms with Gasteiger partial charge >= 0.3 is 0 Å². The first-order valence-electron chi connectivity index (χ1n) is 9.19. The number of hydrogen-bond acceptors (Lipinski definition) is 3. The van der Waals surface area contributed by atoms with E-state index < -0.39 is 5.54 Å². The summed E-state index contributed by atoms with van der Waals surface area (Å²) in [6.07, 6.45) is 1.34. The molecular weight excluding hydrogens is 499 g/mol. The van der Waals surface area contributed by atoms with Crippen LogP contribution in [0.1, 0.15) is 34.5 Å². The smallest absolute Gasteiger partial charge is 0.273 e. The van der Waals surface area contributed by atoms with E-state index in [9.17, 15) is 10.1 Å². The molecule has 0 atom stereocenters. The van der Waals surface area contributed by atoms with Gasteiger partial charge in [0.05, 0.1) is 22.5 Å². The van der Waals surface area contributed by atoms with Crippen molar-refractivity contribution in [3.8, 4) is 23.0 Å². The quantitative estimate of drug-likeness (QED) is 0.485. The average Bonchev–Trinajstić information content (AvgIpc) is 3.38. The van der Waals surface area contributed by atoms with Gasteiger partial charge in [-0.15, -0.1) is 0 Å². The number of nitrogens with one attached hydrogen (secondary N) is 1. The van der Waals surface area contributed by atoms with Crippen LogP contribution in [0.25, 0.3) is 16.9 Å². The molecule has 146 valence electrons. The van der Waals surface area contributed by atoms with Gasteiger partial charge < -0.3 is 5.32 Å². The van der Waals surface area contributed by atoms with Gasteiger partial charge in [0.25, 0.3) is 5.91 Å². The van der Waals surface area contributed by atoms with E-state index in [0.29, 0.717) is 29.2 Å². The monoisotopic (exact) mass is 516 g/mol. The number of hydrogen-bond donors (Lipinski definition) is 1. The molecule has 4 rings (SSSR count). The van der Waals surface area contributed by atoms with Crippen molar-refractivity contribution >= 4 is 40.1 Å². The van der Waals surface area contributed by atoms with E-state index >= 15 is 0 Å². The third-order valence-corrected chi connectivity index (χ3v) is 6.13. The van der Waals surface area contributed by atoms with E-state index in [-0.39, 0.29) is 5.91 Å². The number of rotatable bonds is 4. The Morgan fingerprint density at radius 1 is 1.24 bits per heavy atom. The van der Waals surface area contributed by atoms with Crippen LogP contribution >= 0.6 is 34.2 Å². The van der Waals surface area contributed by atoms with Gasteiger partial charge in [-0.25, -0.2) is 4.68 Å². The Hall–Kier alpha value is -2.37. The van der Waals surface area contributed by atoms with Gasteiger partial charge in [0.15, 0.2) is 5.69 Å². The first-order valence-corrected chi connectivity index (χ1v) is 10.6. The molecule has 7 heteroatoms. The maximum absolute atomic E-state index is 12.9. The molecule has 1 aliphatic carbocycles. The van der Waals surface area contributed by atoms with Crippen LogP contribution in [-0.2, 0) is 0 Å². The molecule has 0 aliphatic heterocycles. The molecule has 1 saturated carbocycles. The molecule has 1 aromatic heterocycles. The highest BCUT2D eigenvalue weighted by Gasteiger charge is 2.45. The zero-order chi connectivity index (χ0) is 20.8. The molecule has 0 saturated heterocycles. The Balaban J connectivity index is 1.87. The van der Waals surface area contributed by atoms with Gasteiger partial charge in [0.1, 0.15) is 5.54 Å². The summed E-state index contributed by atoms with van der Waals surface area (Å²) in [6, 6.07) is 16.0. The standard InChI is InChI=1S/C22H18ClIN4O/c1-13-3-8-18(17(23)11-13)28-20(15-4-6-16(24)7-5-15)14(2)19(27-28)21(29)26-22(12-25)9-10-22/h3-8,11H,9-10H2,1-2H3,(H,26,29). The summed E-state index contributed by atoms with van der Waals surface area (Å²) in [5.41, 5.74) is 3.78. The molecule has 5 nitrogen and oxygen atoms in total. The third-order valence-electron chi connectivity index (χ3n) is 5.10. The molecule has 1 N–H and O–H groups in total. The zero-order valence-electron chi connectivity index (χ0n) is 16.0. The Labute approximate surface area is 187 Å². The summed E-state index contributed by atoms with van der Waals surface area (Å²) in [4.78, 5) is 12.9. The summed E-state index contributed by atoms with van der Waals surface area (Å²) in [6.45, 7) is 3.85. The highest BCUT2D eigenvalue weighted by atomic mass is 127. The molecule has 1 aliphatic rings. The maximum Gasteiger partial charge on any atom is 0.273 e. The van der Waals surface area contributed by atoms with Gasteiger partial charge in [-0.05, 0) is 79.1 Å². The van der Waals surface area contributed by atoms with Crippen LogP contribution in [0.15, 0.2) is 42.5 Å². The average molecular weight is 517 g/mol. The molecule has 1 fully saturated rings. The lowest BCUT2D eigenvalue weighted by Crippen LogP contribution is -2.36. The Morgan fingerprint density at radius 3 is 2.52 bits per heavy atom. The lowest BCUT2D eigenvalue weighted by atomic mass is 10.1. The second kappa shape index (κ2) is 7.47. The van der Waals surface area contributed by atoms with E-state index in [0.717, 1.165) is 26.0 Å². The summed E-state index contributed by atoms with van der Waals surface area (Å²) >= 11 is 8.78. The van der Waals surface area contributed by atoms with Gasteiger partial charge in [-0.2, -0.15) is 10.4 Å². The maximum atomic E-state index is 12.9. The van der Waals surface area contributed by atoms with Crippen LogP contribution in [0.4, 0.5) is 0 Å². The van der Waals surface area contributed by atoms with Crippen molar-refractivity contribution < 1.29 is 4.79 Å². The topological polar surface area (TPSA) is 70.7 Å². The lowest BCUT2D eigenvalue weighted by molar-refractivity contribution is 0.0935. The second-order valence-electron chi connectivity index (χ2n) is 7.34. The minimum absolute atomic E-state index is 0.303. The number of nitrogens with zero attached hydrogens (tertiary/aromatic N) is 3. The van der Waals surface area contributed by atoms with Crippen molar-refractivity contribution in [3.05, 3.63) is 67.9 Å². The fourth-order valence-corrected chi connectivity index (χ4v) is 3.96. The largest absolute Gasteiger partial charge is 0.332 e. The predicted octanol–water partition coefficient (Wildman–Crippen LogP) is 5.20. The number of benzene rings is 2. The Morgan fingerprint density at radius 2 is 1.93 bits per heavy atom. The minimum Gasteiger partial charge on any atom is -0.332 e. The van der Waals surface area contributed by atoms with Crippen molar-refractivity contribution in [3.63, 3.8) is 0 Å². The van der Waals surface area contributed by atoms with Crippen molar-refractivity contribution in [2.75, 3.05) is 0 Å². The molecule has 1 heterocycles. The summed E-state index contributed by atoms with van der Waals surface area (Å²) in [5, 5.41) is 17.3. The number of carbonyl (C=O) groups is 1. The van der Waals surface area contributed by atoms with Crippen LogP contribution in [-0.4, -0.2) is 21.2 Å². The molecule has 2 aromatic carbocycles. The predicted molar refractivity (Wildman–Crippen MR) is 121 cm³/mol. The van der Waals surface area contributed by atoms with Gasteiger partial charge in [0, 0.05) is 14.7 Å². The van der Waals surface area contributed by atoms with Gasteiger partial charge in [-0.3, -0.25) is 4.79 Å². The number of halogens is 2. The van der Waals surface area contributed by atoms with Crippen LogP contribution in [0.5, 0.6) is 0 Å². The van der Waals surface area contributed by atoms with E-state index in [4.69, 9.17) is 11.6 Å². The number of aromatic nitrogens is 2. The molecule has 0 spiro atoms. The van der Waals surface area contributed by atoms with Crippen LogP contribution < -0.4 is 5.32 Å². The Bertz CT molecular complexity index is 1160. The Kier molecular flexibility index (Phi) is 5.13. The van der Waals surface area contributed by atoms with Crippen molar-refractivity contribution in [1.29, 1.82) is 5.26 Å². The molecule has 1 amide bonds. The molecule has 0 unspecified atom stereocenters. The minimum atomic E-state index is -0.752. The fourth-order valence-electron chi connectivity index (χ4n) is 3.28. The van der Waals surface area contributed by atoms with E-state index in [1.54, 1.807) is 4.68 Å². The second-order valence-corrected chi connectivity index (χ2v) is 9.00. The van der Waals surface area contributed by atoms with Crippen molar-refractivity contribution in [2.45, 2.75) is 32.2 Å². The highest BCUT2D eigenvalue weighted by Crippen LogP contribution is 2.36. The number of nitriles is 1. The highest BCUT2D eigenvalue weighted by molar-refractivity contribution is 14.1. The van der Waals surface area contributed by atoms with Crippen LogP contribution in [0.3, 0.4) is 0 Å². The molecule has 0 radical (unpaired) electrons. The summed E-state index contributed by atoms with van der Waals surface area (Å²) in [7, 11) is 0. The normalized spacial score (nSPS) is 14.3. The zero-order valence-corrected chi connectivity index (χ0v) is 18.9. The molecule has 3 aromatic rings. The van der Waals surface area contributed by atoms with E-state index in [1.165, 1.54) is 0 Å². The van der Waals surface area contributed by atoms with E-state index in [1.807, 2.05) is 56.3 Å². The number of amides is 1. The van der Waals surface area contributed by atoms with Crippen LogP contribution in [0.2, 0.25) is 5.02 Å². The SMILES string of the molecule is Cc1ccc(-n2nc(C(=O)NC3(C#N)CC3)c(C)c2-c2ccc(I)cc2)c(Cl)c1. The molecule has 0 bridgehead atoms. The third kappa shape index (κ3) is 3.77.